The van der Waals surface area contributed by atoms with E-state index in [4.69, 9.17) is 0 Å². The van der Waals surface area contributed by atoms with Crippen LogP contribution >= 0.6 is 0 Å². The Labute approximate surface area is 383 Å². The van der Waals surface area contributed by atoms with Crippen LogP contribution in [0.15, 0.2) is 255 Å². The first kappa shape index (κ1) is 39.6. The molecule has 0 bridgehead atoms. The third-order valence-electron chi connectivity index (χ3n) is 12.9. The Bertz CT molecular complexity index is 2970. The molecule has 10 aromatic carbocycles. The van der Waals surface area contributed by atoms with Gasteiger partial charge in [-0.3, -0.25) is 0 Å². The molecule has 0 spiro atoms. The molecule has 0 N–H and O–H groups in total. The van der Waals surface area contributed by atoms with Gasteiger partial charge in [-0.2, -0.15) is 0 Å². The van der Waals surface area contributed by atoms with Crippen molar-refractivity contribution < 1.29 is 0 Å². The van der Waals surface area contributed by atoms with Gasteiger partial charge in [-0.1, -0.05) is 181 Å². The second-order valence-corrected chi connectivity index (χ2v) is 17.1. The van der Waals surface area contributed by atoms with E-state index in [0.717, 1.165) is 34.1 Å². The molecule has 0 aromatic heterocycles. The summed E-state index contributed by atoms with van der Waals surface area (Å²) < 4.78 is 0. The van der Waals surface area contributed by atoms with E-state index in [2.05, 4.69) is 278 Å². The van der Waals surface area contributed by atoms with Gasteiger partial charge >= 0.3 is 0 Å². The lowest BCUT2D eigenvalue weighted by atomic mass is 9.66. The average molecular weight is 833 g/mol. The average Bonchev–Trinajstić information content (AvgIpc) is 3.65. The Morgan fingerprint density at radius 2 is 0.585 bits per heavy atom. The first-order valence-electron chi connectivity index (χ1n) is 22.5. The van der Waals surface area contributed by atoms with Crippen LogP contribution in [0.5, 0.6) is 0 Å². The van der Waals surface area contributed by atoms with Crippen molar-refractivity contribution in [2.75, 3.05) is 9.80 Å². The number of benzene rings is 10. The van der Waals surface area contributed by atoms with Crippen LogP contribution in [-0.4, -0.2) is 0 Å². The van der Waals surface area contributed by atoms with E-state index in [9.17, 15) is 0 Å². The number of rotatable bonds is 10. The molecule has 65 heavy (non-hydrogen) atoms. The molecule has 0 aliphatic heterocycles. The monoisotopic (exact) mass is 832 g/mol. The third-order valence-corrected chi connectivity index (χ3v) is 12.9. The summed E-state index contributed by atoms with van der Waals surface area (Å²) >= 11 is 0. The third kappa shape index (κ3) is 7.20. The molecule has 0 radical (unpaired) electrons. The molecule has 1 aliphatic rings. The summed E-state index contributed by atoms with van der Waals surface area (Å²) in [7, 11) is 0. The lowest BCUT2D eigenvalue weighted by molar-refractivity contribution is 0.767. The SMILES string of the molecule is Cc1ccc2c(c1)C(c1cc(-c3ccccc3)cc(-c3ccccc3)c1)(c1cc(N(c3ccccc3)c3ccccc3)cc(N(c3ccccc3)c3ccccc3)c1)c1cc(C)ccc1-2. The van der Waals surface area contributed by atoms with Gasteiger partial charge in [0.15, 0.2) is 0 Å². The van der Waals surface area contributed by atoms with Crippen molar-refractivity contribution in [3.63, 3.8) is 0 Å². The van der Waals surface area contributed by atoms with Crippen molar-refractivity contribution >= 4 is 34.1 Å². The molecule has 10 aromatic rings. The van der Waals surface area contributed by atoms with E-state index >= 15 is 0 Å². The van der Waals surface area contributed by atoms with E-state index in [1.165, 1.54) is 66.8 Å². The molecule has 0 unspecified atom stereocenters. The van der Waals surface area contributed by atoms with Crippen molar-refractivity contribution in [1.82, 2.24) is 0 Å². The lowest BCUT2D eigenvalue weighted by Gasteiger charge is -2.37. The smallest absolute Gasteiger partial charge is 0.0715 e. The van der Waals surface area contributed by atoms with Crippen LogP contribution < -0.4 is 9.80 Å². The van der Waals surface area contributed by atoms with Gasteiger partial charge in [-0.05, 0) is 154 Å². The van der Waals surface area contributed by atoms with Gasteiger partial charge in [0.25, 0.3) is 0 Å². The first-order chi connectivity index (χ1) is 32.0. The van der Waals surface area contributed by atoms with Gasteiger partial charge in [0.05, 0.1) is 5.41 Å². The minimum absolute atomic E-state index is 0.750. The molecular weight excluding hydrogens is 785 g/mol. The summed E-state index contributed by atoms with van der Waals surface area (Å²) in [5.41, 5.74) is 20.3. The fourth-order valence-electron chi connectivity index (χ4n) is 10.1. The van der Waals surface area contributed by atoms with Gasteiger partial charge in [-0.15, -0.1) is 0 Å². The van der Waals surface area contributed by atoms with Crippen LogP contribution in [0.25, 0.3) is 33.4 Å². The number of anilines is 6. The zero-order valence-corrected chi connectivity index (χ0v) is 36.6. The summed E-state index contributed by atoms with van der Waals surface area (Å²) in [6, 6.07) is 93.6. The van der Waals surface area contributed by atoms with Gasteiger partial charge in [0, 0.05) is 34.1 Å². The second-order valence-electron chi connectivity index (χ2n) is 17.1. The fourth-order valence-corrected chi connectivity index (χ4v) is 10.1. The fraction of sp³-hybridized carbons (Fsp3) is 0.0476. The van der Waals surface area contributed by atoms with Gasteiger partial charge in [0.2, 0.25) is 0 Å². The van der Waals surface area contributed by atoms with E-state index in [1.807, 2.05) is 0 Å². The Morgan fingerprint density at radius 1 is 0.262 bits per heavy atom. The standard InChI is InChI=1S/C63H48N2/c1-45-33-35-59-60-36-34-46(2)38-62(60)63(61(59)37-45,51-40-49(47-21-9-3-10-22-47)39-50(41-51)48-23-11-4-12-24-48)52-42-57(64(53-25-13-5-14-26-53)54-27-15-6-16-28-54)44-58(43-52)65(55-29-17-7-18-30-55)56-31-19-8-20-32-56/h3-44H,1-2H3. The molecule has 0 saturated carbocycles. The molecule has 0 heterocycles. The maximum Gasteiger partial charge on any atom is 0.0715 e. The van der Waals surface area contributed by atoms with E-state index < -0.39 is 5.41 Å². The highest BCUT2D eigenvalue weighted by Crippen LogP contribution is 2.59. The highest BCUT2D eigenvalue weighted by Gasteiger charge is 2.47. The normalized spacial score (nSPS) is 12.3. The minimum atomic E-state index is -0.750. The van der Waals surface area contributed by atoms with Crippen molar-refractivity contribution in [2.24, 2.45) is 0 Å². The molecule has 11 rings (SSSR count). The molecule has 0 fully saturated rings. The summed E-state index contributed by atoms with van der Waals surface area (Å²) in [6.45, 7) is 4.46. The zero-order valence-electron chi connectivity index (χ0n) is 36.6. The summed E-state index contributed by atoms with van der Waals surface area (Å²) in [6.07, 6.45) is 0. The van der Waals surface area contributed by atoms with Gasteiger partial charge < -0.3 is 9.80 Å². The maximum atomic E-state index is 2.47. The van der Waals surface area contributed by atoms with E-state index in [-0.39, 0.29) is 0 Å². The quantitative estimate of drug-likeness (QED) is 0.135. The molecule has 2 heteroatoms. The minimum Gasteiger partial charge on any atom is -0.310 e. The number of hydrogen-bond donors (Lipinski definition) is 0. The zero-order chi connectivity index (χ0) is 43.7. The largest absolute Gasteiger partial charge is 0.310 e. The van der Waals surface area contributed by atoms with Gasteiger partial charge in [0.1, 0.15) is 0 Å². The van der Waals surface area contributed by atoms with Crippen LogP contribution in [0, 0.1) is 13.8 Å². The predicted molar refractivity (Wildman–Crippen MR) is 273 cm³/mol. The Hall–Kier alpha value is -8.20. The van der Waals surface area contributed by atoms with Crippen molar-refractivity contribution in [3.8, 4) is 33.4 Å². The Morgan fingerprint density at radius 3 is 0.938 bits per heavy atom. The first-order valence-corrected chi connectivity index (χ1v) is 22.5. The molecule has 1 aliphatic carbocycles. The van der Waals surface area contributed by atoms with Crippen LogP contribution in [-0.2, 0) is 5.41 Å². The van der Waals surface area contributed by atoms with Crippen molar-refractivity contribution in [2.45, 2.75) is 19.3 Å². The number of aryl methyl sites for hydroxylation is 2. The Kier molecular flexibility index (Phi) is 10.3. The summed E-state index contributed by atoms with van der Waals surface area (Å²) in [5, 5.41) is 0. The van der Waals surface area contributed by atoms with Crippen molar-refractivity contribution in [1.29, 1.82) is 0 Å². The topological polar surface area (TPSA) is 6.48 Å². The molecular formula is C63H48N2. The van der Waals surface area contributed by atoms with Crippen LogP contribution in [0.3, 0.4) is 0 Å². The predicted octanol–water partition coefficient (Wildman–Crippen LogP) is 16.9. The number of para-hydroxylation sites is 4. The molecule has 0 amide bonds. The number of fused-ring (bicyclic) bond motifs is 3. The van der Waals surface area contributed by atoms with Crippen LogP contribution in [0.1, 0.15) is 33.4 Å². The Balaban J connectivity index is 1.32. The summed E-state index contributed by atoms with van der Waals surface area (Å²) in [5.74, 6) is 0. The molecule has 0 saturated heterocycles. The molecule has 310 valence electrons. The lowest BCUT2D eigenvalue weighted by Crippen LogP contribution is -2.30. The highest BCUT2D eigenvalue weighted by molar-refractivity contribution is 5.91. The van der Waals surface area contributed by atoms with Crippen LogP contribution in [0.4, 0.5) is 34.1 Å². The molecule has 0 atom stereocenters. The van der Waals surface area contributed by atoms with E-state index in [0.29, 0.717) is 0 Å². The van der Waals surface area contributed by atoms with Crippen LogP contribution in [0.2, 0.25) is 0 Å². The molecule has 2 nitrogen and oxygen atoms in total. The number of nitrogens with zero attached hydrogens (tertiary/aromatic N) is 2. The highest BCUT2D eigenvalue weighted by atomic mass is 15.2. The number of hydrogen-bond acceptors (Lipinski definition) is 2. The van der Waals surface area contributed by atoms with Crippen molar-refractivity contribution in [3.05, 3.63) is 288 Å². The maximum absolute atomic E-state index is 2.47. The second kappa shape index (κ2) is 16.8. The van der Waals surface area contributed by atoms with Gasteiger partial charge in [-0.25, -0.2) is 0 Å². The van der Waals surface area contributed by atoms with E-state index in [1.54, 1.807) is 0 Å². The summed E-state index contributed by atoms with van der Waals surface area (Å²) in [4.78, 5) is 4.82.